The van der Waals surface area contributed by atoms with Gasteiger partial charge in [0.05, 0.1) is 24.5 Å². The third-order valence-electron chi connectivity index (χ3n) is 5.67. The monoisotopic (exact) mass is 400 g/mol. The molecular formula is C20H25FN6O2. The van der Waals surface area contributed by atoms with Crippen molar-refractivity contribution in [3.05, 3.63) is 29.8 Å². The quantitative estimate of drug-likeness (QED) is 0.832. The molecule has 9 heteroatoms. The van der Waals surface area contributed by atoms with E-state index in [1.807, 2.05) is 17.9 Å². The lowest BCUT2D eigenvalue weighted by atomic mass is 10.0. The van der Waals surface area contributed by atoms with Crippen LogP contribution >= 0.6 is 0 Å². The largest absolute Gasteiger partial charge is 0.364 e. The summed E-state index contributed by atoms with van der Waals surface area (Å²) in [4.78, 5) is 17.0. The minimum absolute atomic E-state index is 0.130. The molecule has 0 aromatic carbocycles. The summed E-state index contributed by atoms with van der Waals surface area (Å²) in [6, 6.07) is 5.50. The molecule has 29 heavy (non-hydrogen) atoms. The van der Waals surface area contributed by atoms with Crippen LogP contribution in [0, 0.1) is 17.1 Å². The number of nitrogens with zero attached hydrogens (tertiary/aromatic N) is 5. The number of anilines is 1. The van der Waals surface area contributed by atoms with Gasteiger partial charge in [0.25, 0.3) is 5.91 Å². The number of hydrogen-bond donors (Lipinski definition) is 1. The zero-order chi connectivity index (χ0) is 20.5. The Labute approximate surface area is 168 Å². The van der Waals surface area contributed by atoms with Crippen molar-refractivity contribution >= 4 is 17.1 Å². The fourth-order valence-corrected chi connectivity index (χ4v) is 4.13. The van der Waals surface area contributed by atoms with Crippen molar-refractivity contribution in [2.75, 3.05) is 38.1 Å². The number of aromatic nitrogens is 2. The average molecular weight is 400 g/mol. The molecule has 2 aromatic rings. The van der Waals surface area contributed by atoms with Gasteiger partial charge in [-0.25, -0.2) is 8.91 Å². The van der Waals surface area contributed by atoms with E-state index in [4.69, 9.17) is 4.74 Å². The molecule has 2 aliphatic rings. The molecule has 2 aliphatic heterocycles. The van der Waals surface area contributed by atoms with E-state index in [0.717, 1.165) is 32.1 Å². The van der Waals surface area contributed by atoms with Gasteiger partial charge in [0.2, 0.25) is 0 Å². The predicted octanol–water partition coefficient (Wildman–Crippen LogP) is 1.15. The lowest BCUT2D eigenvalue weighted by Gasteiger charge is -2.38. The van der Waals surface area contributed by atoms with E-state index in [1.54, 1.807) is 12.1 Å². The number of nitrogens with one attached hydrogen (secondary N) is 1. The summed E-state index contributed by atoms with van der Waals surface area (Å²) < 4.78 is 21.6. The zero-order valence-electron chi connectivity index (χ0n) is 16.6. The Morgan fingerprint density at radius 3 is 2.83 bits per heavy atom. The number of piperidine rings is 1. The van der Waals surface area contributed by atoms with Crippen LogP contribution in [0.15, 0.2) is 18.3 Å². The van der Waals surface area contributed by atoms with Crippen LogP contribution in [0.5, 0.6) is 0 Å². The Morgan fingerprint density at radius 2 is 2.10 bits per heavy atom. The molecule has 0 saturated carbocycles. The van der Waals surface area contributed by atoms with Crippen LogP contribution in [-0.2, 0) is 9.53 Å². The van der Waals surface area contributed by atoms with Gasteiger partial charge in [0.15, 0.2) is 11.9 Å². The number of hydrogen-bond acceptors (Lipinski definition) is 6. The number of likely N-dealkylation sites (tertiary alicyclic amines) is 1. The standard InChI is InChI=1S/C20H25FN6O2/c1-13-11-26(17-4-3-15(9-22)27-19(17)16(21)10-23-27)12-18(29-13)20(28)24-14-5-7-25(2)8-6-14/h3-4,10,13-14,18H,5-8,11-12H2,1-2H3,(H,24,28). The van der Waals surface area contributed by atoms with Crippen molar-refractivity contribution in [2.24, 2.45) is 0 Å². The molecule has 0 spiro atoms. The predicted molar refractivity (Wildman–Crippen MR) is 105 cm³/mol. The Bertz CT molecular complexity index is 946. The third kappa shape index (κ3) is 3.91. The molecule has 1 amide bonds. The molecule has 0 radical (unpaired) electrons. The highest BCUT2D eigenvalue weighted by atomic mass is 19.1. The molecular weight excluding hydrogens is 375 g/mol. The Morgan fingerprint density at radius 1 is 1.34 bits per heavy atom. The van der Waals surface area contributed by atoms with Gasteiger partial charge in [-0.2, -0.15) is 10.4 Å². The van der Waals surface area contributed by atoms with Crippen LogP contribution in [0.3, 0.4) is 0 Å². The van der Waals surface area contributed by atoms with Crippen LogP contribution in [-0.4, -0.2) is 71.9 Å². The topological polar surface area (TPSA) is 85.9 Å². The smallest absolute Gasteiger partial charge is 0.251 e. The SMILES string of the molecule is CC1CN(c2ccc(C#N)n3ncc(F)c23)CC(C(=O)NC2CCN(C)CC2)O1. The molecule has 2 saturated heterocycles. The number of carbonyl (C=O) groups is 1. The van der Waals surface area contributed by atoms with E-state index >= 15 is 0 Å². The normalized spacial score (nSPS) is 23.9. The van der Waals surface area contributed by atoms with Crippen LogP contribution in [0.4, 0.5) is 10.1 Å². The Balaban J connectivity index is 1.54. The number of amides is 1. The molecule has 2 atom stereocenters. The number of fused-ring (bicyclic) bond motifs is 1. The highest BCUT2D eigenvalue weighted by molar-refractivity contribution is 5.83. The molecule has 2 aromatic heterocycles. The van der Waals surface area contributed by atoms with Gasteiger partial charge in [-0.15, -0.1) is 0 Å². The van der Waals surface area contributed by atoms with E-state index in [-0.39, 0.29) is 29.3 Å². The number of pyridine rings is 1. The van der Waals surface area contributed by atoms with Crippen molar-refractivity contribution in [3.8, 4) is 6.07 Å². The number of nitriles is 1. The summed E-state index contributed by atoms with van der Waals surface area (Å²) in [6.07, 6.45) is 2.11. The minimum atomic E-state index is -0.639. The van der Waals surface area contributed by atoms with Gasteiger partial charge in [-0.3, -0.25) is 4.79 Å². The minimum Gasteiger partial charge on any atom is -0.364 e. The van der Waals surface area contributed by atoms with E-state index in [2.05, 4.69) is 22.4 Å². The van der Waals surface area contributed by atoms with Crippen molar-refractivity contribution in [2.45, 2.75) is 38.0 Å². The second kappa shape index (κ2) is 7.97. The molecule has 8 nitrogen and oxygen atoms in total. The maximum absolute atomic E-state index is 14.4. The van der Waals surface area contributed by atoms with Crippen LogP contribution in [0.2, 0.25) is 0 Å². The second-order valence-corrected chi connectivity index (χ2v) is 7.89. The highest BCUT2D eigenvalue weighted by Crippen LogP contribution is 2.28. The van der Waals surface area contributed by atoms with E-state index in [1.165, 1.54) is 4.52 Å². The van der Waals surface area contributed by atoms with Crippen LogP contribution in [0.25, 0.3) is 5.52 Å². The molecule has 0 bridgehead atoms. The van der Waals surface area contributed by atoms with Crippen LogP contribution in [0.1, 0.15) is 25.5 Å². The van der Waals surface area contributed by atoms with Crippen LogP contribution < -0.4 is 10.2 Å². The maximum Gasteiger partial charge on any atom is 0.251 e. The van der Waals surface area contributed by atoms with E-state index in [0.29, 0.717) is 18.8 Å². The van der Waals surface area contributed by atoms with Gasteiger partial charge in [-0.05, 0) is 52.0 Å². The average Bonchev–Trinajstić information content (AvgIpc) is 3.10. The van der Waals surface area contributed by atoms with Crippen molar-refractivity contribution in [1.82, 2.24) is 19.8 Å². The first kappa shape index (κ1) is 19.6. The van der Waals surface area contributed by atoms with Crippen molar-refractivity contribution in [3.63, 3.8) is 0 Å². The summed E-state index contributed by atoms with van der Waals surface area (Å²) in [6.45, 7) is 4.65. The summed E-state index contributed by atoms with van der Waals surface area (Å²) in [5.74, 6) is -0.627. The van der Waals surface area contributed by atoms with Crippen molar-refractivity contribution < 1.29 is 13.9 Å². The molecule has 0 aliphatic carbocycles. The van der Waals surface area contributed by atoms with Gasteiger partial charge in [0.1, 0.15) is 17.3 Å². The van der Waals surface area contributed by atoms with Gasteiger partial charge in [0, 0.05) is 12.6 Å². The molecule has 4 heterocycles. The Kier molecular flexibility index (Phi) is 5.39. The lowest BCUT2D eigenvalue weighted by molar-refractivity contribution is -0.138. The first-order chi connectivity index (χ1) is 14.0. The van der Waals surface area contributed by atoms with Gasteiger partial charge in [-0.1, -0.05) is 0 Å². The maximum atomic E-state index is 14.4. The summed E-state index contributed by atoms with van der Waals surface area (Å²) in [5, 5.41) is 16.3. The third-order valence-corrected chi connectivity index (χ3v) is 5.67. The van der Waals surface area contributed by atoms with Gasteiger partial charge >= 0.3 is 0 Å². The summed E-state index contributed by atoms with van der Waals surface area (Å²) in [5.41, 5.74) is 1.10. The summed E-state index contributed by atoms with van der Waals surface area (Å²) >= 11 is 0. The highest BCUT2D eigenvalue weighted by Gasteiger charge is 2.33. The fraction of sp³-hybridized carbons (Fsp3) is 0.550. The molecule has 154 valence electrons. The Hall–Kier alpha value is -2.70. The summed E-state index contributed by atoms with van der Waals surface area (Å²) in [7, 11) is 2.08. The number of halogens is 1. The number of rotatable bonds is 3. The number of ether oxygens (including phenoxy) is 1. The van der Waals surface area contributed by atoms with Crippen molar-refractivity contribution in [1.29, 1.82) is 5.26 Å². The number of morpholine rings is 1. The number of carbonyl (C=O) groups excluding carboxylic acids is 1. The zero-order valence-corrected chi connectivity index (χ0v) is 16.6. The van der Waals surface area contributed by atoms with E-state index in [9.17, 15) is 14.4 Å². The first-order valence-electron chi connectivity index (χ1n) is 9.92. The fourth-order valence-electron chi connectivity index (χ4n) is 4.13. The molecule has 2 fully saturated rings. The lowest BCUT2D eigenvalue weighted by Crippen LogP contribution is -2.55. The second-order valence-electron chi connectivity index (χ2n) is 7.89. The molecule has 4 rings (SSSR count). The van der Waals surface area contributed by atoms with Gasteiger partial charge < -0.3 is 19.9 Å². The van der Waals surface area contributed by atoms with E-state index < -0.39 is 11.9 Å². The molecule has 2 unspecified atom stereocenters. The molecule has 1 N–H and O–H groups in total. The first-order valence-corrected chi connectivity index (χ1v) is 9.92.